The van der Waals surface area contributed by atoms with Crippen molar-refractivity contribution >= 4 is 17.5 Å². The highest BCUT2D eigenvalue weighted by Crippen LogP contribution is 2.29. The van der Waals surface area contributed by atoms with E-state index in [9.17, 15) is 32.9 Å². The summed E-state index contributed by atoms with van der Waals surface area (Å²) in [5.74, 6) is -1.46. The van der Waals surface area contributed by atoms with E-state index in [4.69, 9.17) is 5.73 Å². The molecule has 2 rings (SSSR count). The largest absolute Gasteiger partial charge is 0.416 e. The molecule has 0 fully saturated rings. The van der Waals surface area contributed by atoms with Crippen LogP contribution in [0.15, 0.2) is 48.5 Å². The number of benzene rings is 2. The molecule has 3 N–H and O–H groups in total. The zero-order valence-electron chi connectivity index (χ0n) is 14.4. The van der Waals surface area contributed by atoms with Crippen molar-refractivity contribution in [1.82, 2.24) is 5.32 Å². The molecule has 0 aliphatic heterocycles. The van der Waals surface area contributed by atoms with Gasteiger partial charge in [-0.2, -0.15) is 13.2 Å². The molecule has 2 amide bonds. The van der Waals surface area contributed by atoms with E-state index < -0.39 is 34.5 Å². The summed E-state index contributed by atoms with van der Waals surface area (Å²) < 4.78 is 37.8. The number of hydrogen-bond acceptors (Lipinski definition) is 4. The van der Waals surface area contributed by atoms with Crippen molar-refractivity contribution in [3.8, 4) is 0 Å². The summed E-state index contributed by atoms with van der Waals surface area (Å²) in [5.41, 5.74) is 5.00. The second-order valence-electron chi connectivity index (χ2n) is 6.03. The number of nitrogens with zero attached hydrogens (tertiary/aromatic N) is 1. The van der Waals surface area contributed by atoms with Crippen LogP contribution in [-0.4, -0.2) is 22.8 Å². The van der Waals surface area contributed by atoms with Gasteiger partial charge in [0.25, 0.3) is 5.69 Å². The summed E-state index contributed by atoms with van der Waals surface area (Å²) in [6.45, 7) is 0. The molecule has 0 spiro atoms. The number of alkyl halides is 3. The SMILES string of the molecule is NC(=O)[C@H](Cc1ccc(C(F)(F)F)cc1)NC(=O)Cc1cccc([N+](=O)[O-])c1. The number of halogens is 3. The molecular formula is C18H16F3N3O4. The molecule has 2 aromatic carbocycles. The van der Waals surface area contributed by atoms with Gasteiger partial charge in [-0.1, -0.05) is 24.3 Å². The fourth-order valence-corrected chi connectivity index (χ4v) is 2.50. The lowest BCUT2D eigenvalue weighted by Crippen LogP contribution is -2.46. The Morgan fingerprint density at radius 3 is 2.29 bits per heavy atom. The van der Waals surface area contributed by atoms with Gasteiger partial charge in [0.05, 0.1) is 16.9 Å². The summed E-state index contributed by atoms with van der Waals surface area (Å²) in [6.07, 6.45) is -4.79. The normalized spacial score (nSPS) is 12.2. The summed E-state index contributed by atoms with van der Waals surface area (Å²) >= 11 is 0. The van der Waals surface area contributed by atoms with Gasteiger partial charge in [0, 0.05) is 18.6 Å². The van der Waals surface area contributed by atoms with Crippen molar-refractivity contribution in [1.29, 1.82) is 0 Å². The smallest absolute Gasteiger partial charge is 0.368 e. The Labute approximate surface area is 157 Å². The van der Waals surface area contributed by atoms with E-state index in [1.165, 1.54) is 36.4 Å². The van der Waals surface area contributed by atoms with Gasteiger partial charge in [0.15, 0.2) is 0 Å². The van der Waals surface area contributed by atoms with Gasteiger partial charge in [0.1, 0.15) is 6.04 Å². The zero-order valence-corrected chi connectivity index (χ0v) is 14.4. The predicted molar refractivity (Wildman–Crippen MR) is 93.1 cm³/mol. The van der Waals surface area contributed by atoms with Gasteiger partial charge < -0.3 is 11.1 Å². The van der Waals surface area contributed by atoms with Crippen LogP contribution in [0.4, 0.5) is 18.9 Å². The van der Waals surface area contributed by atoms with Gasteiger partial charge >= 0.3 is 6.18 Å². The highest BCUT2D eigenvalue weighted by atomic mass is 19.4. The van der Waals surface area contributed by atoms with E-state index in [-0.39, 0.29) is 18.5 Å². The molecule has 0 heterocycles. The second-order valence-corrected chi connectivity index (χ2v) is 6.03. The van der Waals surface area contributed by atoms with E-state index in [2.05, 4.69) is 5.32 Å². The zero-order chi connectivity index (χ0) is 20.9. The van der Waals surface area contributed by atoms with Crippen LogP contribution in [0.2, 0.25) is 0 Å². The Morgan fingerprint density at radius 2 is 1.75 bits per heavy atom. The quantitative estimate of drug-likeness (QED) is 0.553. The monoisotopic (exact) mass is 395 g/mol. The van der Waals surface area contributed by atoms with Gasteiger partial charge in [-0.25, -0.2) is 0 Å². The Balaban J connectivity index is 2.04. The van der Waals surface area contributed by atoms with Gasteiger partial charge in [-0.15, -0.1) is 0 Å². The van der Waals surface area contributed by atoms with E-state index >= 15 is 0 Å². The topological polar surface area (TPSA) is 115 Å². The lowest BCUT2D eigenvalue weighted by atomic mass is 10.0. The Bertz CT molecular complexity index is 882. The molecule has 1 atom stereocenters. The maximum absolute atomic E-state index is 12.6. The van der Waals surface area contributed by atoms with Crippen molar-refractivity contribution in [3.63, 3.8) is 0 Å². The molecular weight excluding hydrogens is 379 g/mol. The number of carbonyl (C=O) groups excluding carboxylic acids is 2. The van der Waals surface area contributed by atoms with Crippen LogP contribution in [0.3, 0.4) is 0 Å². The first-order valence-electron chi connectivity index (χ1n) is 8.04. The Kier molecular flexibility index (Phi) is 6.34. The summed E-state index contributed by atoms with van der Waals surface area (Å²) in [6, 6.07) is 8.46. The molecule has 0 unspecified atom stereocenters. The number of rotatable bonds is 7. The number of nitro groups is 1. The minimum atomic E-state index is -4.48. The summed E-state index contributed by atoms with van der Waals surface area (Å²) in [4.78, 5) is 33.9. The number of hydrogen-bond donors (Lipinski definition) is 2. The van der Waals surface area contributed by atoms with Crippen LogP contribution in [0.5, 0.6) is 0 Å². The van der Waals surface area contributed by atoms with E-state index in [1.807, 2.05) is 0 Å². The minimum absolute atomic E-state index is 0.0891. The van der Waals surface area contributed by atoms with Crippen LogP contribution in [-0.2, 0) is 28.6 Å². The molecule has 0 aliphatic carbocycles. The Morgan fingerprint density at radius 1 is 1.11 bits per heavy atom. The first kappa shape index (κ1) is 20.9. The number of nitro benzene ring substituents is 1. The first-order chi connectivity index (χ1) is 13.1. The third-order valence-electron chi connectivity index (χ3n) is 3.89. The van der Waals surface area contributed by atoms with Crippen molar-refractivity contribution in [2.24, 2.45) is 5.73 Å². The summed E-state index contributed by atoms with van der Waals surface area (Å²) in [7, 11) is 0. The fourth-order valence-electron chi connectivity index (χ4n) is 2.50. The maximum Gasteiger partial charge on any atom is 0.416 e. The first-order valence-corrected chi connectivity index (χ1v) is 8.04. The molecule has 0 saturated carbocycles. The van der Waals surface area contributed by atoms with E-state index in [0.29, 0.717) is 11.1 Å². The average molecular weight is 395 g/mol. The van der Waals surface area contributed by atoms with Crippen molar-refractivity contribution in [2.75, 3.05) is 0 Å². The molecule has 0 aromatic heterocycles. The minimum Gasteiger partial charge on any atom is -0.368 e. The number of primary amides is 1. The highest BCUT2D eigenvalue weighted by molar-refractivity contribution is 5.87. The van der Waals surface area contributed by atoms with E-state index in [0.717, 1.165) is 12.1 Å². The Hall–Kier alpha value is -3.43. The second kappa shape index (κ2) is 8.51. The number of non-ortho nitro benzene ring substituents is 1. The van der Waals surface area contributed by atoms with Crippen molar-refractivity contribution in [2.45, 2.75) is 25.1 Å². The maximum atomic E-state index is 12.6. The van der Waals surface area contributed by atoms with Crippen LogP contribution >= 0.6 is 0 Å². The number of nitrogens with one attached hydrogen (secondary N) is 1. The van der Waals surface area contributed by atoms with Crippen LogP contribution < -0.4 is 11.1 Å². The molecule has 0 aliphatic rings. The molecule has 148 valence electrons. The molecule has 2 aromatic rings. The van der Waals surface area contributed by atoms with Gasteiger partial charge in [-0.3, -0.25) is 19.7 Å². The van der Waals surface area contributed by atoms with E-state index in [1.54, 1.807) is 0 Å². The average Bonchev–Trinajstić information content (AvgIpc) is 2.61. The van der Waals surface area contributed by atoms with Crippen LogP contribution in [0, 0.1) is 10.1 Å². The molecule has 0 saturated heterocycles. The number of carbonyl (C=O) groups is 2. The van der Waals surface area contributed by atoms with Crippen molar-refractivity contribution < 1.29 is 27.7 Å². The molecule has 28 heavy (non-hydrogen) atoms. The third-order valence-corrected chi connectivity index (χ3v) is 3.89. The highest BCUT2D eigenvalue weighted by Gasteiger charge is 2.30. The molecule has 0 radical (unpaired) electrons. The van der Waals surface area contributed by atoms with Crippen molar-refractivity contribution in [3.05, 3.63) is 75.3 Å². The fraction of sp³-hybridized carbons (Fsp3) is 0.222. The number of amides is 2. The molecule has 7 nitrogen and oxygen atoms in total. The number of nitrogens with two attached hydrogens (primary N) is 1. The lowest BCUT2D eigenvalue weighted by Gasteiger charge is -2.16. The summed E-state index contributed by atoms with van der Waals surface area (Å²) in [5, 5.41) is 13.2. The standard InChI is InChI=1S/C18H16F3N3O4/c19-18(20,21)13-6-4-11(5-7-13)9-15(17(22)26)23-16(25)10-12-2-1-3-14(8-12)24(27)28/h1-8,15H,9-10H2,(H2,22,26)(H,23,25)/t15-/m0/s1. The van der Waals surface area contributed by atoms with Crippen LogP contribution in [0.25, 0.3) is 0 Å². The lowest BCUT2D eigenvalue weighted by molar-refractivity contribution is -0.384. The third kappa shape index (κ3) is 5.79. The van der Waals surface area contributed by atoms with Crippen LogP contribution in [0.1, 0.15) is 16.7 Å². The predicted octanol–water partition coefficient (Wildman–Crippen LogP) is 2.37. The van der Waals surface area contributed by atoms with Gasteiger partial charge in [-0.05, 0) is 23.3 Å². The molecule has 10 heteroatoms. The van der Waals surface area contributed by atoms with Gasteiger partial charge in [0.2, 0.25) is 11.8 Å². The molecule has 0 bridgehead atoms.